The number of hydrogen-bond acceptors (Lipinski definition) is 5. The highest BCUT2D eigenvalue weighted by atomic mass is 16.3. The topological polar surface area (TPSA) is 150 Å². The number of carbonyl (C=O) groups is 1. The van der Waals surface area contributed by atoms with E-state index in [4.69, 9.17) is 11.1 Å². The minimum atomic E-state index is -0.299. The van der Waals surface area contributed by atoms with Gasteiger partial charge in [0.2, 0.25) is 0 Å². The summed E-state index contributed by atoms with van der Waals surface area (Å²) < 4.78 is 0. The van der Waals surface area contributed by atoms with Gasteiger partial charge >= 0.3 is 0 Å². The maximum atomic E-state index is 12.2. The van der Waals surface area contributed by atoms with E-state index in [1.54, 1.807) is 12.1 Å². The van der Waals surface area contributed by atoms with Crippen LogP contribution in [0.5, 0.6) is 0 Å². The van der Waals surface area contributed by atoms with Crippen LogP contribution >= 0.6 is 0 Å². The minimum Gasteiger partial charge on any atom is -0.392 e. The number of rotatable bonds is 7. The lowest BCUT2D eigenvalue weighted by Gasteiger charge is -2.15. The molecule has 0 aliphatic carbocycles. The van der Waals surface area contributed by atoms with Crippen molar-refractivity contribution in [3.63, 3.8) is 0 Å². The maximum absolute atomic E-state index is 12.2. The lowest BCUT2D eigenvalue weighted by atomic mass is 10.1. The van der Waals surface area contributed by atoms with Crippen LogP contribution in [0.1, 0.15) is 22.3 Å². The van der Waals surface area contributed by atoms with Gasteiger partial charge in [-0.05, 0) is 41.2 Å². The quantitative estimate of drug-likeness (QED) is 0.448. The number of aliphatic hydroxyl groups excluding tert-OH is 1. The third kappa shape index (κ3) is 5.15. The molecule has 1 amide bonds. The highest BCUT2D eigenvalue weighted by Crippen LogP contribution is 2.19. The highest BCUT2D eigenvalue weighted by molar-refractivity contribution is 5.95. The third-order valence-electron chi connectivity index (χ3n) is 3.68. The zero-order chi connectivity index (χ0) is 17.4. The zero-order valence-corrected chi connectivity index (χ0v) is 13.0. The fourth-order valence-corrected chi connectivity index (χ4v) is 2.56. The first kappa shape index (κ1) is 17.6. The van der Waals surface area contributed by atoms with Crippen molar-refractivity contribution >= 4 is 11.6 Å². The number of amides is 1. The van der Waals surface area contributed by atoms with E-state index < -0.39 is 0 Å². The molecule has 0 aromatic heterocycles. The fourth-order valence-electron chi connectivity index (χ4n) is 2.56. The highest BCUT2D eigenvalue weighted by Gasteiger charge is 2.19. The molecule has 1 aromatic rings. The number of azide groups is 2. The molecule has 1 aliphatic heterocycles. The Morgan fingerprint density at radius 1 is 1.38 bits per heavy atom. The van der Waals surface area contributed by atoms with Crippen molar-refractivity contribution in [2.45, 2.75) is 19.1 Å². The van der Waals surface area contributed by atoms with Crippen LogP contribution in [-0.2, 0) is 6.54 Å². The minimum absolute atomic E-state index is 0.0667. The first-order valence-corrected chi connectivity index (χ1v) is 7.51. The molecule has 1 atom stereocenters. The van der Waals surface area contributed by atoms with Gasteiger partial charge < -0.3 is 10.4 Å². The van der Waals surface area contributed by atoms with Crippen LogP contribution in [0.15, 0.2) is 28.4 Å². The first-order valence-electron chi connectivity index (χ1n) is 7.51. The number of aliphatic hydroxyl groups is 1. The Bertz CT molecular complexity index is 694. The van der Waals surface area contributed by atoms with E-state index in [-0.39, 0.29) is 24.2 Å². The summed E-state index contributed by atoms with van der Waals surface area (Å²) in [5.41, 5.74) is 18.2. The van der Waals surface area contributed by atoms with Crippen LogP contribution in [-0.4, -0.2) is 48.2 Å². The second-order valence-corrected chi connectivity index (χ2v) is 5.47. The van der Waals surface area contributed by atoms with Crippen molar-refractivity contribution < 1.29 is 9.90 Å². The summed E-state index contributed by atoms with van der Waals surface area (Å²) in [7, 11) is 0. The maximum Gasteiger partial charge on any atom is 0.251 e. The lowest BCUT2D eigenvalue weighted by molar-refractivity contribution is 0.0949. The summed E-state index contributed by atoms with van der Waals surface area (Å²) in [6.07, 6.45) is 0.467. The van der Waals surface area contributed by atoms with E-state index in [2.05, 4.69) is 30.3 Å². The van der Waals surface area contributed by atoms with Gasteiger partial charge in [0.25, 0.3) is 5.91 Å². The van der Waals surface area contributed by atoms with Gasteiger partial charge in [0.05, 0.1) is 12.6 Å². The predicted octanol–water partition coefficient (Wildman–Crippen LogP) is 2.24. The molecule has 24 heavy (non-hydrogen) atoms. The number of β-amino-alcohol motifs (C(OH)–C–C–N with tert-alkyl or cyclic N) is 1. The molecular formula is C14H18N8O2. The molecule has 0 radical (unpaired) electrons. The molecule has 1 aromatic carbocycles. The zero-order valence-electron chi connectivity index (χ0n) is 13.0. The smallest absolute Gasteiger partial charge is 0.251 e. The van der Waals surface area contributed by atoms with Crippen LogP contribution in [0.25, 0.3) is 20.9 Å². The van der Waals surface area contributed by atoms with Gasteiger partial charge in [0, 0.05) is 47.3 Å². The normalized spacial score (nSPS) is 17.0. The molecule has 126 valence electrons. The SMILES string of the molecule is [N-]=[N+]=NCc1cc(N=[N+]=[N-])cc(C(=O)NCCN2CC[C@@H](O)C2)c1. The molecule has 0 saturated carbocycles. The second-order valence-electron chi connectivity index (χ2n) is 5.47. The summed E-state index contributed by atoms with van der Waals surface area (Å²) >= 11 is 0. The van der Waals surface area contributed by atoms with Crippen molar-refractivity contribution in [3.05, 3.63) is 50.2 Å². The molecule has 2 N–H and O–H groups in total. The summed E-state index contributed by atoms with van der Waals surface area (Å²) in [5.74, 6) is -0.299. The van der Waals surface area contributed by atoms with E-state index in [0.29, 0.717) is 30.8 Å². The van der Waals surface area contributed by atoms with Gasteiger partial charge in [-0.2, -0.15) is 0 Å². The lowest BCUT2D eigenvalue weighted by Crippen LogP contribution is -2.34. The standard InChI is InChI=1S/C14H18N8O2/c15-20-18-8-10-5-11(7-12(6-10)19-21-16)14(24)17-2-4-22-3-1-13(23)9-22/h5-7,13,23H,1-4,8-9H2,(H,17,24)/t13-/m1/s1. The van der Waals surface area contributed by atoms with Gasteiger partial charge in [-0.3, -0.25) is 9.69 Å². The molecule has 1 saturated heterocycles. The van der Waals surface area contributed by atoms with E-state index in [9.17, 15) is 9.90 Å². The van der Waals surface area contributed by atoms with Crippen LogP contribution in [0.3, 0.4) is 0 Å². The molecule has 1 fully saturated rings. The largest absolute Gasteiger partial charge is 0.392 e. The molecule has 1 aliphatic rings. The van der Waals surface area contributed by atoms with Crippen molar-refractivity contribution in [2.24, 2.45) is 10.2 Å². The van der Waals surface area contributed by atoms with Crippen LogP contribution in [0.2, 0.25) is 0 Å². The van der Waals surface area contributed by atoms with Crippen LogP contribution < -0.4 is 5.32 Å². The summed E-state index contributed by atoms with van der Waals surface area (Å²) in [4.78, 5) is 19.7. The van der Waals surface area contributed by atoms with Gasteiger partial charge in [-0.25, -0.2) is 0 Å². The van der Waals surface area contributed by atoms with Crippen molar-refractivity contribution in [2.75, 3.05) is 26.2 Å². The Morgan fingerprint density at radius 2 is 2.21 bits per heavy atom. The van der Waals surface area contributed by atoms with Crippen LogP contribution in [0, 0.1) is 0 Å². The number of carbonyl (C=O) groups excluding carboxylic acids is 1. The van der Waals surface area contributed by atoms with E-state index in [0.717, 1.165) is 13.0 Å². The molecule has 2 rings (SSSR count). The summed E-state index contributed by atoms with van der Waals surface area (Å²) in [5, 5.41) is 19.2. The Labute approximate surface area is 138 Å². The molecule has 0 spiro atoms. The first-order chi connectivity index (χ1) is 11.6. The third-order valence-corrected chi connectivity index (χ3v) is 3.68. The van der Waals surface area contributed by atoms with Crippen molar-refractivity contribution in [1.82, 2.24) is 10.2 Å². The molecule has 10 heteroatoms. The Hall–Kier alpha value is -2.77. The van der Waals surface area contributed by atoms with E-state index in [1.165, 1.54) is 6.07 Å². The number of nitrogens with zero attached hydrogens (tertiary/aromatic N) is 7. The predicted molar refractivity (Wildman–Crippen MR) is 87.5 cm³/mol. The molecular weight excluding hydrogens is 312 g/mol. The number of likely N-dealkylation sites (tertiary alicyclic amines) is 1. The number of hydrogen-bond donors (Lipinski definition) is 2. The second kappa shape index (κ2) is 8.76. The molecule has 0 unspecified atom stereocenters. The molecule has 10 nitrogen and oxygen atoms in total. The van der Waals surface area contributed by atoms with E-state index in [1.807, 2.05) is 0 Å². The van der Waals surface area contributed by atoms with Crippen molar-refractivity contribution in [3.8, 4) is 0 Å². The Balaban J connectivity index is 1.99. The van der Waals surface area contributed by atoms with Gasteiger partial charge in [0.1, 0.15) is 0 Å². The molecule has 1 heterocycles. The number of benzene rings is 1. The fraction of sp³-hybridized carbons (Fsp3) is 0.500. The Morgan fingerprint density at radius 3 is 2.88 bits per heavy atom. The number of nitrogens with one attached hydrogen (secondary N) is 1. The molecule has 0 bridgehead atoms. The van der Waals surface area contributed by atoms with Gasteiger partial charge in [0.15, 0.2) is 0 Å². The summed E-state index contributed by atoms with van der Waals surface area (Å²) in [6.45, 7) is 2.61. The van der Waals surface area contributed by atoms with Crippen LogP contribution in [0.4, 0.5) is 5.69 Å². The van der Waals surface area contributed by atoms with Gasteiger partial charge in [-0.15, -0.1) is 0 Å². The average molecular weight is 330 g/mol. The average Bonchev–Trinajstić information content (AvgIpc) is 2.98. The van der Waals surface area contributed by atoms with E-state index >= 15 is 0 Å². The summed E-state index contributed by atoms with van der Waals surface area (Å²) in [6, 6.07) is 4.64. The van der Waals surface area contributed by atoms with Gasteiger partial charge in [-0.1, -0.05) is 10.2 Å². The Kier molecular flexibility index (Phi) is 6.41. The monoisotopic (exact) mass is 330 g/mol. The van der Waals surface area contributed by atoms with Crippen molar-refractivity contribution in [1.29, 1.82) is 0 Å².